The Bertz CT molecular complexity index is 950. The van der Waals surface area contributed by atoms with Crippen LogP contribution in [0.3, 0.4) is 0 Å². The van der Waals surface area contributed by atoms with Crippen molar-refractivity contribution in [2.45, 2.75) is 31.7 Å². The summed E-state index contributed by atoms with van der Waals surface area (Å²) in [4.78, 5) is 12.3. The van der Waals surface area contributed by atoms with Crippen LogP contribution in [-0.2, 0) is 14.6 Å². The number of hydrogen-bond donors (Lipinski definition) is 1. The zero-order chi connectivity index (χ0) is 17.8. The second-order valence-electron chi connectivity index (χ2n) is 6.71. The number of carbonyl (C=O) groups excluding carboxylic acids is 1. The van der Waals surface area contributed by atoms with Crippen LogP contribution in [0.25, 0.3) is 0 Å². The van der Waals surface area contributed by atoms with Gasteiger partial charge in [-0.15, -0.1) is 0 Å². The lowest BCUT2D eigenvalue weighted by Gasteiger charge is -2.25. The molecule has 3 heterocycles. The molecule has 8 heteroatoms. The van der Waals surface area contributed by atoms with Gasteiger partial charge in [0, 0.05) is 22.9 Å². The van der Waals surface area contributed by atoms with Gasteiger partial charge in [0.1, 0.15) is 5.82 Å². The fourth-order valence-electron chi connectivity index (χ4n) is 3.78. The van der Waals surface area contributed by atoms with Gasteiger partial charge in [-0.25, -0.2) is 13.1 Å². The molecule has 2 aliphatic heterocycles. The number of nitrogens with one attached hydrogen (secondary N) is 1. The van der Waals surface area contributed by atoms with Gasteiger partial charge in [0.2, 0.25) is 5.91 Å². The summed E-state index contributed by atoms with van der Waals surface area (Å²) in [6.45, 7) is 1.90. The highest BCUT2D eigenvalue weighted by atomic mass is 35.5. The third-order valence-corrected chi connectivity index (χ3v) is 6.96. The van der Waals surface area contributed by atoms with Gasteiger partial charge in [-0.05, 0) is 31.0 Å². The lowest BCUT2D eigenvalue weighted by molar-refractivity contribution is -0.116. The van der Waals surface area contributed by atoms with Crippen LogP contribution in [-0.4, -0.2) is 35.6 Å². The van der Waals surface area contributed by atoms with Crippen molar-refractivity contribution in [3.05, 3.63) is 46.1 Å². The van der Waals surface area contributed by atoms with E-state index in [1.165, 1.54) is 0 Å². The summed E-state index contributed by atoms with van der Waals surface area (Å²) >= 11 is 5.98. The SMILES string of the molecule is Cc1nn(C2CCS(=O)(=O)C2)c2c1C(c1ccc(Cl)cc1)CC(=O)N2. The van der Waals surface area contributed by atoms with Crippen molar-refractivity contribution in [3.63, 3.8) is 0 Å². The minimum Gasteiger partial charge on any atom is -0.311 e. The molecule has 1 saturated heterocycles. The maximum Gasteiger partial charge on any atom is 0.226 e. The zero-order valence-electron chi connectivity index (χ0n) is 13.7. The van der Waals surface area contributed by atoms with Gasteiger partial charge < -0.3 is 5.32 Å². The molecule has 1 aromatic heterocycles. The predicted molar refractivity (Wildman–Crippen MR) is 95.8 cm³/mol. The molecule has 4 rings (SSSR count). The summed E-state index contributed by atoms with van der Waals surface area (Å²) in [5.74, 6) is 0.681. The summed E-state index contributed by atoms with van der Waals surface area (Å²) in [7, 11) is -3.03. The van der Waals surface area contributed by atoms with Crippen LogP contribution in [0.4, 0.5) is 5.82 Å². The summed E-state index contributed by atoms with van der Waals surface area (Å²) in [6, 6.07) is 7.24. The maximum atomic E-state index is 12.3. The molecule has 132 valence electrons. The highest BCUT2D eigenvalue weighted by Gasteiger charge is 2.37. The van der Waals surface area contributed by atoms with Crippen molar-refractivity contribution >= 4 is 33.2 Å². The number of aromatic nitrogens is 2. The van der Waals surface area contributed by atoms with E-state index in [9.17, 15) is 13.2 Å². The topological polar surface area (TPSA) is 81.1 Å². The largest absolute Gasteiger partial charge is 0.311 e. The third kappa shape index (κ3) is 2.95. The smallest absolute Gasteiger partial charge is 0.226 e. The molecular formula is C17H18ClN3O3S. The molecule has 0 spiro atoms. The van der Waals surface area contributed by atoms with Crippen LogP contribution in [0.5, 0.6) is 0 Å². The molecular weight excluding hydrogens is 362 g/mol. The van der Waals surface area contributed by atoms with Crippen LogP contribution in [0.1, 0.15) is 41.6 Å². The minimum atomic E-state index is -3.03. The van der Waals surface area contributed by atoms with E-state index in [4.69, 9.17) is 11.6 Å². The van der Waals surface area contributed by atoms with Crippen LogP contribution in [0.2, 0.25) is 5.02 Å². The monoisotopic (exact) mass is 379 g/mol. The van der Waals surface area contributed by atoms with Crippen LogP contribution in [0.15, 0.2) is 24.3 Å². The number of aryl methyl sites for hydroxylation is 1. The molecule has 2 aliphatic rings. The Morgan fingerprint density at radius 2 is 2.00 bits per heavy atom. The molecule has 0 radical (unpaired) electrons. The Morgan fingerprint density at radius 3 is 2.64 bits per heavy atom. The van der Waals surface area contributed by atoms with Gasteiger partial charge >= 0.3 is 0 Å². The van der Waals surface area contributed by atoms with E-state index in [-0.39, 0.29) is 29.4 Å². The number of carbonyl (C=O) groups is 1. The van der Waals surface area contributed by atoms with Gasteiger partial charge in [0.25, 0.3) is 0 Å². The third-order valence-electron chi connectivity index (χ3n) is 4.95. The van der Waals surface area contributed by atoms with E-state index in [1.807, 2.05) is 31.2 Å². The zero-order valence-corrected chi connectivity index (χ0v) is 15.3. The summed E-state index contributed by atoms with van der Waals surface area (Å²) in [6.07, 6.45) is 0.863. The van der Waals surface area contributed by atoms with E-state index in [2.05, 4.69) is 10.4 Å². The Hall–Kier alpha value is -1.86. The second kappa shape index (κ2) is 5.85. The molecule has 25 heavy (non-hydrogen) atoms. The van der Waals surface area contributed by atoms with Crippen molar-refractivity contribution in [1.82, 2.24) is 9.78 Å². The first-order valence-corrected chi connectivity index (χ1v) is 10.4. The Balaban J connectivity index is 1.79. The maximum absolute atomic E-state index is 12.3. The number of benzene rings is 1. The quantitative estimate of drug-likeness (QED) is 0.869. The molecule has 2 atom stereocenters. The number of amides is 1. The first-order chi connectivity index (χ1) is 11.8. The molecule has 1 aromatic carbocycles. The molecule has 0 saturated carbocycles. The van der Waals surface area contributed by atoms with E-state index in [1.54, 1.807) is 4.68 Å². The number of fused-ring (bicyclic) bond motifs is 1. The number of rotatable bonds is 2. The van der Waals surface area contributed by atoms with Gasteiger partial charge in [0.15, 0.2) is 9.84 Å². The van der Waals surface area contributed by atoms with Crippen molar-refractivity contribution in [1.29, 1.82) is 0 Å². The summed E-state index contributed by atoms with van der Waals surface area (Å²) in [5.41, 5.74) is 2.78. The Labute approximate surface area is 151 Å². The van der Waals surface area contributed by atoms with Crippen molar-refractivity contribution in [3.8, 4) is 0 Å². The summed E-state index contributed by atoms with van der Waals surface area (Å²) < 4.78 is 25.4. The number of nitrogens with zero attached hydrogens (tertiary/aromatic N) is 2. The van der Waals surface area contributed by atoms with Gasteiger partial charge in [-0.1, -0.05) is 23.7 Å². The van der Waals surface area contributed by atoms with Crippen LogP contribution < -0.4 is 5.32 Å². The van der Waals surface area contributed by atoms with Crippen molar-refractivity contribution < 1.29 is 13.2 Å². The number of halogens is 1. The first kappa shape index (κ1) is 16.6. The molecule has 0 aliphatic carbocycles. The molecule has 1 fully saturated rings. The Kier molecular flexibility index (Phi) is 3.88. The molecule has 1 amide bonds. The van der Waals surface area contributed by atoms with Gasteiger partial charge in [0.05, 0.1) is 23.2 Å². The molecule has 2 aromatic rings. The fourth-order valence-corrected chi connectivity index (χ4v) is 5.60. The van der Waals surface area contributed by atoms with E-state index in [0.717, 1.165) is 16.8 Å². The van der Waals surface area contributed by atoms with E-state index < -0.39 is 9.84 Å². The minimum absolute atomic E-state index is 0.0715. The normalized spacial score (nSPS) is 24.8. The lowest BCUT2D eigenvalue weighted by Crippen LogP contribution is -2.26. The molecule has 1 N–H and O–H groups in total. The highest BCUT2D eigenvalue weighted by Crippen LogP contribution is 2.41. The number of hydrogen-bond acceptors (Lipinski definition) is 4. The van der Waals surface area contributed by atoms with E-state index in [0.29, 0.717) is 23.7 Å². The standard InChI is InChI=1S/C17H18ClN3O3S/c1-10-16-14(11-2-4-12(18)5-3-11)8-15(22)19-17(16)21(20-10)13-6-7-25(23,24)9-13/h2-5,13-14H,6-9H2,1H3,(H,19,22). The van der Waals surface area contributed by atoms with Crippen LogP contribution >= 0.6 is 11.6 Å². The van der Waals surface area contributed by atoms with Crippen LogP contribution in [0, 0.1) is 6.92 Å². The van der Waals surface area contributed by atoms with E-state index >= 15 is 0 Å². The second-order valence-corrected chi connectivity index (χ2v) is 9.37. The van der Waals surface area contributed by atoms with Crippen molar-refractivity contribution in [2.24, 2.45) is 0 Å². The fraction of sp³-hybridized carbons (Fsp3) is 0.412. The molecule has 6 nitrogen and oxygen atoms in total. The predicted octanol–water partition coefficient (Wildman–Crippen LogP) is 2.68. The average molecular weight is 380 g/mol. The first-order valence-electron chi connectivity index (χ1n) is 8.19. The number of anilines is 1. The lowest BCUT2D eigenvalue weighted by atomic mass is 9.86. The number of sulfone groups is 1. The average Bonchev–Trinajstić information content (AvgIpc) is 3.07. The van der Waals surface area contributed by atoms with Crippen molar-refractivity contribution in [2.75, 3.05) is 16.8 Å². The Morgan fingerprint density at radius 1 is 1.28 bits per heavy atom. The molecule has 0 bridgehead atoms. The highest BCUT2D eigenvalue weighted by molar-refractivity contribution is 7.91. The molecule has 2 unspecified atom stereocenters. The van der Waals surface area contributed by atoms with Gasteiger partial charge in [-0.2, -0.15) is 5.10 Å². The summed E-state index contributed by atoms with van der Waals surface area (Å²) in [5, 5.41) is 8.13. The van der Waals surface area contributed by atoms with Gasteiger partial charge in [-0.3, -0.25) is 4.79 Å².